The summed E-state index contributed by atoms with van der Waals surface area (Å²) in [6, 6.07) is 9.78. The lowest BCUT2D eigenvalue weighted by Gasteiger charge is -2.23. The molecule has 0 spiro atoms. The first kappa shape index (κ1) is 22.5. The van der Waals surface area contributed by atoms with Crippen molar-refractivity contribution in [1.82, 2.24) is 10.2 Å². The minimum absolute atomic E-state index is 0.00209. The molecule has 0 bridgehead atoms. The summed E-state index contributed by atoms with van der Waals surface area (Å²) in [5.41, 5.74) is 2.54. The van der Waals surface area contributed by atoms with Gasteiger partial charge in [0.2, 0.25) is 10.9 Å². The van der Waals surface area contributed by atoms with Gasteiger partial charge in [-0.2, -0.15) is 0 Å². The zero-order chi connectivity index (χ0) is 23.8. The van der Waals surface area contributed by atoms with E-state index in [0.717, 1.165) is 17.3 Å². The molecule has 0 fully saturated rings. The topological polar surface area (TPSA) is 94.8 Å². The van der Waals surface area contributed by atoms with E-state index in [-0.39, 0.29) is 16.8 Å². The van der Waals surface area contributed by atoms with Crippen molar-refractivity contribution in [3.8, 4) is 11.5 Å². The second-order valence-electron chi connectivity index (χ2n) is 7.73. The molecule has 1 amide bonds. The van der Waals surface area contributed by atoms with Gasteiger partial charge in [-0.1, -0.05) is 46.7 Å². The molecule has 0 N–H and O–H groups in total. The van der Waals surface area contributed by atoms with Gasteiger partial charge < -0.3 is 13.9 Å². The number of fused-ring (bicyclic) bond motifs is 2. The van der Waals surface area contributed by atoms with Crippen LogP contribution >= 0.6 is 27.3 Å². The molecule has 8 nitrogen and oxygen atoms in total. The molecule has 174 valence electrons. The number of hydrogen-bond donors (Lipinski definition) is 0. The van der Waals surface area contributed by atoms with Gasteiger partial charge in [0.1, 0.15) is 11.1 Å². The summed E-state index contributed by atoms with van der Waals surface area (Å²) in [6.07, 6.45) is 1.93. The Hall–Kier alpha value is -3.24. The Bertz CT molecular complexity index is 1440. The van der Waals surface area contributed by atoms with E-state index in [0.29, 0.717) is 39.8 Å². The molecule has 2 aromatic carbocycles. The van der Waals surface area contributed by atoms with Crippen LogP contribution in [0, 0.1) is 0 Å². The Morgan fingerprint density at radius 3 is 2.76 bits per heavy atom. The van der Waals surface area contributed by atoms with Crippen LogP contribution in [0.5, 0.6) is 11.5 Å². The summed E-state index contributed by atoms with van der Waals surface area (Å²) in [5.74, 6) is 0.670. The third-order valence-corrected chi connectivity index (χ3v) is 6.83. The van der Waals surface area contributed by atoms with Crippen LogP contribution in [-0.4, -0.2) is 29.8 Å². The van der Waals surface area contributed by atoms with Crippen molar-refractivity contribution in [2.75, 3.05) is 18.6 Å². The molecule has 0 saturated carbocycles. The van der Waals surface area contributed by atoms with Crippen LogP contribution in [0.25, 0.3) is 11.0 Å². The van der Waals surface area contributed by atoms with Gasteiger partial charge in [0, 0.05) is 4.47 Å². The van der Waals surface area contributed by atoms with E-state index in [9.17, 15) is 9.59 Å². The van der Waals surface area contributed by atoms with Crippen molar-refractivity contribution in [2.45, 2.75) is 25.8 Å². The van der Waals surface area contributed by atoms with Crippen molar-refractivity contribution in [3.63, 3.8) is 0 Å². The molecule has 1 atom stereocenters. The molecule has 3 heterocycles. The zero-order valence-electron chi connectivity index (χ0n) is 18.4. The zero-order valence-corrected chi connectivity index (χ0v) is 20.8. The lowest BCUT2D eigenvalue weighted by Crippen LogP contribution is -2.29. The summed E-state index contributed by atoms with van der Waals surface area (Å²) in [4.78, 5) is 28.6. The van der Waals surface area contributed by atoms with Gasteiger partial charge in [-0.05, 0) is 42.3 Å². The van der Waals surface area contributed by atoms with E-state index in [1.165, 1.54) is 21.7 Å². The lowest BCUT2D eigenvalue weighted by atomic mass is 9.98. The number of anilines is 1. The van der Waals surface area contributed by atoms with Crippen LogP contribution in [-0.2, 0) is 0 Å². The largest absolute Gasteiger partial charge is 0.493 e. The normalized spacial score (nSPS) is 15.1. The molecule has 0 radical (unpaired) electrons. The summed E-state index contributed by atoms with van der Waals surface area (Å²) >= 11 is 4.62. The number of carbonyl (C=O) groups is 1. The minimum atomic E-state index is -0.756. The maximum atomic E-state index is 13.7. The number of amides is 1. The first-order chi connectivity index (χ1) is 16.5. The SMILES string of the molecule is CCCCOc1ccc(C2c3c(oc4ccc(Br)cc4c3=O)C(=O)N2c2nncs2)cc1OC. The van der Waals surface area contributed by atoms with Gasteiger partial charge in [-0.15, -0.1) is 10.2 Å². The molecule has 2 aromatic heterocycles. The average Bonchev–Trinajstić information content (AvgIpc) is 3.46. The van der Waals surface area contributed by atoms with Gasteiger partial charge in [0.15, 0.2) is 16.9 Å². The lowest BCUT2D eigenvalue weighted by molar-refractivity contribution is 0.0970. The number of ether oxygens (including phenoxy) is 2. The predicted molar refractivity (Wildman–Crippen MR) is 132 cm³/mol. The molecular formula is C24H20BrN3O5S. The minimum Gasteiger partial charge on any atom is -0.493 e. The number of carbonyl (C=O) groups excluding carboxylic acids is 1. The molecule has 1 unspecified atom stereocenters. The summed E-state index contributed by atoms with van der Waals surface area (Å²) < 4.78 is 18.1. The van der Waals surface area contributed by atoms with E-state index < -0.39 is 11.9 Å². The highest BCUT2D eigenvalue weighted by molar-refractivity contribution is 9.10. The fraction of sp³-hybridized carbons (Fsp3) is 0.250. The Balaban J connectivity index is 1.70. The fourth-order valence-electron chi connectivity index (χ4n) is 4.03. The molecule has 4 aromatic rings. The molecular weight excluding hydrogens is 522 g/mol. The van der Waals surface area contributed by atoms with Crippen LogP contribution in [0.15, 0.2) is 55.6 Å². The average molecular weight is 542 g/mol. The van der Waals surface area contributed by atoms with Crippen LogP contribution < -0.4 is 19.8 Å². The quantitative estimate of drug-likeness (QED) is 0.291. The number of hydrogen-bond acceptors (Lipinski definition) is 8. The fourth-order valence-corrected chi connectivity index (χ4v) is 4.98. The molecule has 10 heteroatoms. The third-order valence-electron chi connectivity index (χ3n) is 5.65. The number of unbranched alkanes of at least 4 members (excludes halogenated alkanes) is 1. The third kappa shape index (κ3) is 3.76. The molecule has 5 rings (SSSR count). The van der Waals surface area contributed by atoms with Crippen LogP contribution in [0.2, 0.25) is 0 Å². The Morgan fingerprint density at radius 2 is 2.03 bits per heavy atom. The van der Waals surface area contributed by atoms with Gasteiger partial charge >= 0.3 is 0 Å². The molecule has 1 aliphatic rings. The second kappa shape index (κ2) is 9.19. The van der Waals surface area contributed by atoms with E-state index in [1.54, 1.807) is 37.4 Å². The van der Waals surface area contributed by atoms with E-state index >= 15 is 0 Å². The maximum absolute atomic E-state index is 13.7. The smallest absolute Gasteiger partial charge is 0.297 e. The van der Waals surface area contributed by atoms with E-state index in [2.05, 4.69) is 33.1 Å². The van der Waals surface area contributed by atoms with Gasteiger partial charge in [0.25, 0.3) is 5.91 Å². The van der Waals surface area contributed by atoms with E-state index in [1.807, 2.05) is 6.07 Å². The Kier molecular flexibility index (Phi) is 6.09. The van der Waals surface area contributed by atoms with Gasteiger partial charge in [-0.25, -0.2) is 0 Å². The highest BCUT2D eigenvalue weighted by atomic mass is 79.9. The molecule has 0 saturated heterocycles. The molecule has 0 aliphatic carbocycles. The standard InChI is InChI=1S/C24H20BrN3O5S/c1-3-4-9-32-17-7-5-13(10-18(17)31-2)20-19-21(29)15-11-14(25)6-8-16(15)33-22(19)23(30)28(20)24-27-26-12-34-24/h5-8,10-12,20H,3-4,9H2,1-2H3. The Morgan fingerprint density at radius 1 is 1.18 bits per heavy atom. The second-order valence-corrected chi connectivity index (χ2v) is 9.45. The number of halogens is 1. The summed E-state index contributed by atoms with van der Waals surface area (Å²) in [7, 11) is 1.56. The van der Waals surface area contributed by atoms with Gasteiger partial charge in [0.05, 0.1) is 30.7 Å². The predicted octanol–water partition coefficient (Wildman–Crippen LogP) is 5.34. The van der Waals surface area contributed by atoms with E-state index in [4.69, 9.17) is 13.9 Å². The van der Waals surface area contributed by atoms with Gasteiger partial charge in [-0.3, -0.25) is 14.5 Å². The first-order valence-electron chi connectivity index (χ1n) is 10.7. The van der Waals surface area contributed by atoms with Crippen molar-refractivity contribution in [2.24, 2.45) is 0 Å². The summed E-state index contributed by atoms with van der Waals surface area (Å²) in [5, 5.41) is 8.74. The summed E-state index contributed by atoms with van der Waals surface area (Å²) in [6.45, 7) is 2.66. The van der Waals surface area contributed by atoms with Crippen LogP contribution in [0.4, 0.5) is 5.13 Å². The monoisotopic (exact) mass is 541 g/mol. The van der Waals surface area contributed by atoms with Crippen LogP contribution in [0.3, 0.4) is 0 Å². The number of rotatable bonds is 7. The number of nitrogens with zero attached hydrogens (tertiary/aromatic N) is 3. The molecule has 34 heavy (non-hydrogen) atoms. The first-order valence-corrected chi connectivity index (χ1v) is 12.4. The molecule has 1 aliphatic heterocycles. The van der Waals surface area contributed by atoms with Crippen molar-refractivity contribution >= 4 is 49.3 Å². The van der Waals surface area contributed by atoms with Crippen LogP contribution in [0.1, 0.15) is 47.5 Å². The maximum Gasteiger partial charge on any atom is 0.297 e. The van der Waals surface area contributed by atoms with Crippen molar-refractivity contribution in [1.29, 1.82) is 0 Å². The Labute approximate surface area is 207 Å². The van der Waals surface area contributed by atoms with Crippen molar-refractivity contribution < 1.29 is 18.7 Å². The van der Waals surface area contributed by atoms with Crippen molar-refractivity contribution in [3.05, 3.63) is 73.5 Å². The highest BCUT2D eigenvalue weighted by Gasteiger charge is 2.45. The number of methoxy groups -OCH3 is 1. The number of benzene rings is 2. The number of aromatic nitrogens is 2. The highest BCUT2D eigenvalue weighted by Crippen LogP contribution is 2.43.